The Hall–Kier alpha value is -2.79. The maximum atomic E-state index is 13.0. The molecule has 3 aromatic rings. The van der Waals surface area contributed by atoms with E-state index in [1.165, 1.54) is 0 Å². The number of carbonyl (C=O) groups excluding carboxylic acids is 1. The second-order valence-electron chi connectivity index (χ2n) is 6.68. The maximum absolute atomic E-state index is 13.0. The van der Waals surface area contributed by atoms with Gasteiger partial charge in [0, 0.05) is 12.4 Å². The lowest BCUT2D eigenvalue weighted by molar-refractivity contribution is 0.0932. The van der Waals surface area contributed by atoms with Crippen LogP contribution in [0.4, 0.5) is 0 Å². The van der Waals surface area contributed by atoms with Crippen LogP contribution in [0.2, 0.25) is 5.02 Å². The van der Waals surface area contributed by atoms with E-state index in [1.54, 1.807) is 30.1 Å². The minimum Gasteiger partial charge on any atom is -0.497 e. The van der Waals surface area contributed by atoms with Crippen LogP contribution in [0.1, 0.15) is 34.8 Å². The van der Waals surface area contributed by atoms with Gasteiger partial charge >= 0.3 is 0 Å². The van der Waals surface area contributed by atoms with Crippen LogP contribution in [0, 0.1) is 5.92 Å². The Labute approximate surface area is 162 Å². The Morgan fingerprint density at radius 2 is 2.04 bits per heavy atom. The summed E-state index contributed by atoms with van der Waals surface area (Å²) in [5.74, 6) is 1.08. The lowest BCUT2D eigenvalue weighted by atomic mass is 10.0. The highest BCUT2D eigenvalue weighted by Gasteiger charge is 2.34. The standard InChI is InChI=1S/C21H20ClN3O2/c1-27-17-8-5-15(6-9-17)20(14-3-4-14)24-21(26)18-13-16(7-10-19(18)22)25-12-2-11-23-25/h2,5-14,20H,3-4H2,1H3,(H,24,26)/t20-/m1/s1. The Bertz CT molecular complexity index is 935. The highest BCUT2D eigenvalue weighted by atomic mass is 35.5. The molecule has 0 bridgehead atoms. The molecule has 1 amide bonds. The molecule has 1 aliphatic carbocycles. The number of carbonyl (C=O) groups is 1. The van der Waals surface area contributed by atoms with Gasteiger partial charge < -0.3 is 10.1 Å². The fraction of sp³-hybridized carbons (Fsp3) is 0.238. The number of hydrogen-bond donors (Lipinski definition) is 1. The number of nitrogens with one attached hydrogen (secondary N) is 1. The van der Waals surface area contributed by atoms with Gasteiger partial charge in [-0.25, -0.2) is 4.68 Å². The third kappa shape index (κ3) is 3.83. The molecule has 4 rings (SSSR count). The van der Waals surface area contributed by atoms with Gasteiger partial charge in [0.15, 0.2) is 0 Å². The van der Waals surface area contributed by atoms with Crippen LogP contribution >= 0.6 is 11.6 Å². The van der Waals surface area contributed by atoms with Crippen LogP contribution in [0.3, 0.4) is 0 Å². The van der Waals surface area contributed by atoms with E-state index < -0.39 is 0 Å². The van der Waals surface area contributed by atoms with E-state index in [0.717, 1.165) is 29.8 Å². The van der Waals surface area contributed by atoms with Gasteiger partial charge in [-0.1, -0.05) is 23.7 Å². The highest BCUT2D eigenvalue weighted by Crippen LogP contribution is 2.41. The molecule has 27 heavy (non-hydrogen) atoms. The number of methoxy groups -OCH3 is 1. The fourth-order valence-electron chi connectivity index (χ4n) is 3.18. The summed E-state index contributed by atoms with van der Waals surface area (Å²) in [7, 11) is 1.64. The zero-order chi connectivity index (χ0) is 18.8. The third-order valence-electron chi connectivity index (χ3n) is 4.82. The van der Waals surface area contributed by atoms with E-state index >= 15 is 0 Å². The summed E-state index contributed by atoms with van der Waals surface area (Å²) in [6.07, 6.45) is 5.74. The van der Waals surface area contributed by atoms with Crippen molar-refractivity contribution in [1.29, 1.82) is 0 Å². The first kappa shape index (κ1) is 17.6. The number of halogens is 1. The number of rotatable bonds is 6. The first-order chi connectivity index (χ1) is 13.2. The van der Waals surface area contributed by atoms with Crippen molar-refractivity contribution in [1.82, 2.24) is 15.1 Å². The molecule has 2 aromatic carbocycles. The van der Waals surface area contributed by atoms with E-state index in [2.05, 4.69) is 10.4 Å². The van der Waals surface area contributed by atoms with Crippen molar-refractivity contribution in [3.63, 3.8) is 0 Å². The second kappa shape index (κ2) is 7.45. The molecule has 1 saturated carbocycles. The van der Waals surface area contributed by atoms with Crippen molar-refractivity contribution in [3.05, 3.63) is 77.1 Å². The van der Waals surface area contributed by atoms with Crippen molar-refractivity contribution >= 4 is 17.5 Å². The molecular weight excluding hydrogens is 362 g/mol. The number of hydrogen-bond acceptors (Lipinski definition) is 3. The zero-order valence-corrected chi connectivity index (χ0v) is 15.7. The van der Waals surface area contributed by atoms with E-state index in [9.17, 15) is 4.79 Å². The second-order valence-corrected chi connectivity index (χ2v) is 7.08. The molecule has 0 saturated heterocycles. The topological polar surface area (TPSA) is 56.1 Å². The van der Waals surface area contributed by atoms with Gasteiger partial charge in [-0.2, -0.15) is 5.10 Å². The maximum Gasteiger partial charge on any atom is 0.253 e. The molecule has 1 aromatic heterocycles. The van der Waals surface area contributed by atoms with Crippen LogP contribution in [-0.2, 0) is 0 Å². The number of benzene rings is 2. The Kier molecular flexibility index (Phi) is 4.86. The molecule has 1 fully saturated rings. The largest absolute Gasteiger partial charge is 0.497 e. The average molecular weight is 382 g/mol. The molecule has 138 valence electrons. The van der Waals surface area contributed by atoms with Crippen molar-refractivity contribution < 1.29 is 9.53 Å². The van der Waals surface area contributed by atoms with Crippen molar-refractivity contribution in [2.75, 3.05) is 7.11 Å². The highest BCUT2D eigenvalue weighted by molar-refractivity contribution is 6.33. The van der Waals surface area contributed by atoms with Crippen molar-refractivity contribution in [2.45, 2.75) is 18.9 Å². The first-order valence-electron chi connectivity index (χ1n) is 8.90. The molecule has 0 spiro atoms. The monoisotopic (exact) mass is 381 g/mol. The Balaban J connectivity index is 1.59. The fourth-order valence-corrected chi connectivity index (χ4v) is 3.39. The van der Waals surface area contributed by atoms with Gasteiger partial charge in [0.25, 0.3) is 5.91 Å². The lowest BCUT2D eigenvalue weighted by Gasteiger charge is -2.20. The summed E-state index contributed by atoms with van der Waals surface area (Å²) in [5.41, 5.74) is 2.32. The molecule has 0 unspecified atom stereocenters. The van der Waals surface area contributed by atoms with Crippen LogP contribution < -0.4 is 10.1 Å². The van der Waals surface area contributed by atoms with Crippen LogP contribution in [0.15, 0.2) is 60.9 Å². The van der Waals surface area contributed by atoms with Gasteiger partial charge in [0.2, 0.25) is 0 Å². The zero-order valence-electron chi connectivity index (χ0n) is 14.9. The SMILES string of the molecule is COc1ccc([C@H](NC(=O)c2cc(-n3cccn3)ccc2Cl)C2CC2)cc1. The van der Waals surface area contributed by atoms with Crippen LogP contribution in [-0.4, -0.2) is 22.8 Å². The Morgan fingerprint density at radius 3 is 2.67 bits per heavy atom. The molecule has 0 aliphatic heterocycles. The quantitative estimate of drug-likeness (QED) is 0.687. The smallest absolute Gasteiger partial charge is 0.253 e. The van der Waals surface area contributed by atoms with Crippen molar-refractivity contribution in [3.8, 4) is 11.4 Å². The molecule has 6 heteroatoms. The summed E-state index contributed by atoms with van der Waals surface area (Å²) >= 11 is 6.31. The van der Waals surface area contributed by atoms with Gasteiger partial charge in [-0.15, -0.1) is 0 Å². The van der Waals surface area contributed by atoms with E-state index in [-0.39, 0.29) is 11.9 Å². The minimum absolute atomic E-state index is 0.0344. The van der Waals surface area contributed by atoms with Gasteiger partial charge in [-0.3, -0.25) is 4.79 Å². The number of aromatic nitrogens is 2. The van der Waals surface area contributed by atoms with Gasteiger partial charge in [0.05, 0.1) is 29.4 Å². The molecular formula is C21H20ClN3O2. The van der Waals surface area contributed by atoms with Gasteiger partial charge in [0.1, 0.15) is 5.75 Å². The summed E-state index contributed by atoms with van der Waals surface area (Å²) < 4.78 is 6.93. The average Bonchev–Trinajstić information content (AvgIpc) is 3.39. The van der Waals surface area contributed by atoms with Gasteiger partial charge in [-0.05, 0) is 60.7 Å². The number of ether oxygens (including phenoxy) is 1. The molecule has 1 N–H and O–H groups in total. The molecule has 1 heterocycles. The van der Waals surface area contributed by atoms with E-state index in [1.807, 2.05) is 42.6 Å². The molecule has 1 atom stereocenters. The lowest BCUT2D eigenvalue weighted by Crippen LogP contribution is -2.30. The summed E-state index contributed by atoms with van der Waals surface area (Å²) in [6.45, 7) is 0. The molecule has 5 nitrogen and oxygen atoms in total. The van der Waals surface area contributed by atoms with Crippen LogP contribution in [0.5, 0.6) is 5.75 Å². The van der Waals surface area contributed by atoms with E-state index in [4.69, 9.17) is 16.3 Å². The Morgan fingerprint density at radius 1 is 1.26 bits per heavy atom. The summed E-state index contributed by atoms with van der Waals surface area (Å²) in [6, 6.07) is 15.0. The molecule has 1 aliphatic rings. The minimum atomic E-state index is -0.179. The predicted octanol–water partition coefficient (Wildman–Crippen LogP) is 4.42. The van der Waals surface area contributed by atoms with Crippen molar-refractivity contribution in [2.24, 2.45) is 5.92 Å². The normalized spacial score (nSPS) is 14.6. The summed E-state index contributed by atoms with van der Waals surface area (Å²) in [4.78, 5) is 13.0. The van der Waals surface area contributed by atoms with E-state index in [0.29, 0.717) is 16.5 Å². The first-order valence-corrected chi connectivity index (χ1v) is 9.28. The molecule has 0 radical (unpaired) electrons. The summed E-state index contributed by atoms with van der Waals surface area (Å²) in [5, 5.41) is 7.80. The third-order valence-corrected chi connectivity index (χ3v) is 5.15. The number of amides is 1. The number of nitrogens with zero attached hydrogens (tertiary/aromatic N) is 2. The predicted molar refractivity (Wildman–Crippen MR) is 104 cm³/mol. The van der Waals surface area contributed by atoms with Crippen LogP contribution in [0.25, 0.3) is 5.69 Å².